The van der Waals surface area contributed by atoms with Crippen LogP contribution in [0.4, 0.5) is 0 Å². The first kappa shape index (κ1) is 20.5. The fraction of sp³-hybridized carbons (Fsp3) is 0.421. The summed E-state index contributed by atoms with van der Waals surface area (Å²) in [6.07, 6.45) is 0.543. The lowest BCUT2D eigenvalue weighted by Crippen LogP contribution is -2.33. The van der Waals surface area contributed by atoms with E-state index in [-0.39, 0.29) is 18.4 Å². The number of thiazole rings is 1. The number of rotatable bonds is 9. The highest BCUT2D eigenvalue weighted by molar-refractivity contribution is 7.98. The Hall–Kier alpha value is -1.86. The average molecular weight is 393 g/mol. The molecule has 26 heavy (non-hydrogen) atoms. The molecule has 2 aromatic rings. The predicted molar refractivity (Wildman–Crippen MR) is 106 cm³/mol. The van der Waals surface area contributed by atoms with Gasteiger partial charge in [0, 0.05) is 28.1 Å². The van der Waals surface area contributed by atoms with Crippen molar-refractivity contribution in [3.63, 3.8) is 0 Å². The molecular weight excluding hydrogens is 368 g/mol. The minimum Gasteiger partial charge on any atom is -0.481 e. The molecule has 1 aromatic heterocycles. The lowest BCUT2D eigenvalue weighted by molar-refractivity contribution is -0.142. The SMILES string of the molecule is Cc1nc(CSc2ccc(C(=O)NCC(CC(C)C)C(=O)O)cc2)cs1. The molecule has 7 heteroatoms. The average Bonchev–Trinajstić information content (AvgIpc) is 3.02. The molecule has 2 N–H and O–H groups in total. The molecule has 1 amide bonds. The number of hydrogen-bond acceptors (Lipinski definition) is 5. The van der Waals surface area contributed by atoms with E-state index in [0.717, 1.165) is 21.3 Å². The second kappa shape index (κ2) is 9.73. The van der Waals surface area contributed by atoms with Crippen molar-refractivity contribution in [3.8, 4) is 0 Å². The Balaban J connectivity index is 1.86. The van der Waals surface area contributed by atoms with Crippen molar-refractivity contribution in [1.82, 2.24) is 10.3 Å². The third-order valence-electron chi connectivity index (χ3n) is 3.78. The standard InChI is InChI=1S/C19H24N2O3S2/c1-12(2)8-15(19(23)24)9-20-18(22)14-4-6-17(7-5-14)26-11-16-10-25-13(3)21-16/h4-7,10,12,15H,8-9,11H2,1-3H3,(H,20,22)(H,23,24). The highest BCUT2D eigenvalue weighted by Gasteiger charge is 2.20. The first-order chi connectivity index (χ1) is 12.3. The van der Waals surface area contributed by atoms with Crippen LogP contribution in [0.25, 0.3) is 0 Å². The number of carbonyl (C=O) groups is 2. The van der Waals surface area contributed by atoms with Gasteiger partial charge in [-0.25, -0.2) is 4.98 Å². The normalized spacial score (nSPS) is 12.2. The summed E-state index contributed by atoms with van der Waals surface area (Å²) in [6, 6.07) is 7.34. The number of aromatic nitrogens is 1. The van der Waals surface area contributed by atoms with Gasteiger partial charge in [0.05, 0.1) is 16.6 Å². The van der Waals surface area contributed by atoms with E-state index in [4.69, 9.17) is 0 Å². The second-order valence-electron chi connectivity index (χ2n) is 6.55. The first-order valence-corrected chi connectivity index (χ1v) is 10.4. The van der Waals surface area contributed by atoms with Gasteiger partial charge < -0.3 is 10.4 Å². The molecule has 5 nitrogen and oxygen atoms in total. The zero-order chi connectivity index (χ0) is 19.1. The molecule has 140 valence electrons. The highest BCUT2D eigenvalue weighted by atomic mass is 32.2. The summed E-state index contributed by atoms with van der Waals surface area (Å²) < 4.78 is 0. The van der Waals surface area contributed by atoms with Crippen LogP contribution in [-0.2, 0) is 10.5 Å². The van der Waals surface area contributed by atoms with Gasteiger partial charge in [-0.2, -0.15) is 0 Å². The highest BCUT2D eigenvalue weighted by Crippen LogP contribution is 2.24. The molecule has 0 spiro atoms. The van der Waals surface area contributed by atoms with Crippen molar-refractivity contribution in [1.29, 1.82) is 0 Å². The molecule has 0 bridgehead atoms. The van der Waals surface area contributed by atoms with E-state index >= 15 is 0 Å². The van der Waals surface area contributed by atoms with E-state index in [2.05, 4.69) is 15.7 Å². The molecule has 0 saturated heterocycles. The fourth-order valence-electron chi connectivity index (χ4n) is 2.49. The Bertz CT molecular complexity index is 741. The van der Waals surface area contributed by atoms with Crippen LogP contribution < -0.4 is 5.32 Å². The van der Waals surface area contributed by atoms with Gasteiger partial charge in [-0.15, -0.1) is 23.1 Å². The van der Waals surface area contributed by atoms with Gasteiger partial charge in [0.15, 0.2) is 0 Å². The largest absolute Gasteiger partial charge is 0.481 e. The number of hydrogen-bond donors (Lipinski definition) is 2. The van der Waals surface area contributed by atoms with Crippen LogP contribution >= 0.6 is 23.1 Å². The second-order valence-corrected chi connectivity index (χ2v) is 8.66. The zero-order valence-electron chi connectivity index (χ0n) is 15.2. The van der Waals surface area contributed by atoms with Crippen molar-refractivity contribution in [2.45, 2.75) is 37.8 Å². The summed E-state index contributed by atoms with van der Waals surface area (Å²) in [7, 11) is 0. The molecule has 1 aromatic carbocycles. The minimum atomic E-state index is -0.872. The summed E-state index contributed by atoms with van der Waals surface area (Å²) in [4.78, 5) is 29.0. The Morgan fingerprint density at radius 1 is 1.27 bits per heavy atom. The van der Waals surface area contributed by atoms with E-state index in [1.165, 1.54) is 0 Å². The number of aliphatic carboxylic acids is 1. The number of nitrogens with one attached hydrogen (secondary N) is 1. The molecule has 0 saturated carbocycles. The summed E-state index contributed by atoms with van der Waals surface area (Å²) in [5.41, 5.74) is 1.59. The van der Waals surface area contributed by atoms with Crippen LogP contribution in [-0.4, -0.2) is 28.5 Å². The van der Waals surface area contributed by atoms with Gasteiger partial charge >= 0.3 is 5.97 Å². The van der Waals surface area contributed by atoms with Crippen LogP contribution in [0, 0.1) is 18.8 Å². The number of aryl methyl sites for hydroxylation is 1. The van der Waals surface area contributed by atoms with Gasteiger partial charge in [-0.1, -0.05) is 13.8 Å². The van der Waals surface area contributed by atoms with Gasteiger partial charge in [-0.3, -0.25) is 9.59 Å². The number of carboxylic acid groups (broad SMARTS) is 1. The van der Waals surface area contributed by atoms with Crippen molar-refractivity contribution >= 4 is 35.0 Å². The summed E-state index contributed by atoms with van der Waals surface area (Å²) >= 11 is 3.31. The van der Waals surface area contributed by atoms with E-state index in [9.17, 15) is 14.7 Å². The van der Waals surface area contributed by atoms with E-state index < -0.39 is 11.9 Å². The maximum atomic E-state index is 12.2. The third-order valence-corrected chi connectivity index (χ3v) is 5.65. The smallest absolute Gasteiger partial charge is 0.308 e. The van der Waals surface area contributed by atoms with Crippen LogP contribution in [0.15, 0.2) is 34.5 Å². The number of carboxylic acids is 1. The van der Waals surface area contributed by atoms with Crippen molar-refractivity contribution in [2.75, 3.05) is 6.54 Å². The Kier molecular flexibility index (Phi) is 7.66. The molecule has 0 fully saturated rings. The van der Waals surface area contributed by atoms with Crippen LogP contribution in [0.3, 0.4) is 0 Å². The summed E-state index contributed by atoms with van der Waals surface area (Å²) in [5.74, 6) is -0.610. The minimum absolute atomic E-state index is 0.145. The van der Waals surface area contributed by atoms with Gasteiger partial charge in [0.2, 0.25) is 0 Å². The molecular formula is C19H24N2O3S2. The summed E-state index contributed by atoms with van der Waals surface area (Å²) in [5, 5.41) is 15.1. The Labute approximate surface area is 162 Å². The fourth-order valence-corrected chi connectivity index (χ4v) is 4.00. The van der Waals surface area contributed by atoms with E-state index in [0.29, 0.717) is 12.0 Å². The molecule has 0 aliphatic carbocycles. The molecule has 0 aliphatic rings. The first-order valence-electron chi connectivity index (χ1n) is 8.50. The van der Waals surface area contributed by atoms with Gasteiger partial charge in [0.1, 0.15) is 0 Å². The van der Waals surface area contributed by atoms with Crippen molar-refractivity contribution < 1.29 is 14.7 Å². The number of benzene rings is 1. The maximum absolute atomic E-state index is 12.2. The van der Waals surface area contributed by atoms with Gasteiger partial charge in [0.25, 0.3) is 5.91 Å². The van der Waals surface area contributed by atoms with Gasteiger partial charge in [-0.05, 0) is 43.5 Å². The quantitative estimate of drug-likeness (QED) is 0.625. The van der Waals surface area contributed by atoms with Crippen LogP contribution in [0.2, 0.25) is 0 Å². The summed E-state index contributed by atoms with van der Waals surface area (Å²) in [6.45, 7) is 6.08. The van der Waals surface area contributed by atoms with E-state index in [1.54, 1.807) is 35.2 Å². The number of nitrogens with zero attached hydrogens (tertiary/aromatic N) is 1. The van der Waals surface area contributed by atoms with Crippen LogP contribution in [0.5, 0.6) is 0 Å². The molecule has 0 radical (unpaired) electrons. The molecule has 1 atom stereocenters. The predicted octanol–water partition coefficient (Wildman–Crippen LogP) is 4.22. The van der Waals surface area contributed by atoms with Crippen LogP contribution in [0.1, 0.15) is 41.3 Å². The molecule has 1 heterocycles. The zero-order valence-corrected chi connectivity index (χ0v) is 16.8. The maximum Gasteiger partial charge on any atom is 0.308 e. The molecule has 0 aliphatic heterocycles. The molecule has 1 unspecified atom stereocenters. The number of thioether (sulfide) groups is 1. The Morgan fingerprint density at radius 2 is 1.96 bits per heavy atom. The monoisotopic (exact) mass is 392 g/mol. The molecule has 2 rings (SSSR count). The Morgan fingerprint density at radius 3 is 2.50 bits per heavy atom. The van der Waals surface area contributed by atoms with Crippen molar-refractivity contribution in [3.05, 3.63) is 45.9 Å². The van der Waals surface area contributed by atoms with E-state index in [1.807, 2.05) is 32.9 Å². The lowest BCUT2D eigenvalue weighted by atomic mass is 9.97. The number of amides is 1. The third kappa shape index (κ3) is 6.46. The van der Waals surface area contributed by atoms with Crippen molar-refractivity contribution in [2.24, 2.45) is 11.8 Å². The topological polar surface area (TPSA) is 79.3 Å². The lowest BCUT2D eigenvalue weighted by Gasteiger charge is -2.15. The number of carbonyl (C=O) groups excluding carboxylic acids is 1.